The second-order valence-corrected chi connectivity index (χ2v) is 7.77. The molecule has 3 amide bonds. The highest BCUT2D eigenvalue weighted by molar-refractivity contribution is 6.01. The summed E-state index contributed by atoms with van der Waals surface area (Å²) in [6.07, 6.45) is 6.25. The molecule has 2 aromatic carbocycles. The van der Waals surface area contributed by atoms with Crippen molar-refractivity contribution in [3.63, 3.8) is 0 Å². The lowest BCUT2D eigenvalue weighted by Crippen LogP contribution is -2.38. The number of carbonyl (C=O) groups excluding carboxylic acids is 2. The Morgan fingerprint density at radius 3 is 2.48 bits per heavy atom. The van der Waals surface area contributed by atoms with Gasteiger partial charge in [-0.3, -0.25) is 9.69 Å². The number of anilines is 2. The number of benzene rings is 2. The molecule has 0 atom stereocenters. The van der Waals surface area contributed by atoms with Crippen molar-refractivity contribution in [1.82, 2.24) is 5.32 Å². The Labute approximate surface area is 173 Å². The van der Waals surface area contributed by atoms with E-state index in [9.17, 15) is 9.59 Å². The SMILES string of the molecule is Cc1cccc(NC(=O)N(CCCNC(=O)C2CCCCC2)c2ccccc2)c1. The van der Waals surface area contributed by atoms with Crippen LogP contribution in [0.25, 0.3) is 0 Å². The van der Waals surface area contributed by atoms with Gasteiger partial charge in [0.2, 0.25) is 5.91 Å². The Hall–Kier alpha value is -2.82. The normalized spacial score (nSPS) is 14.2. The van der Waals surface area contributed by atoms with Crippen LogP contribution in [0.5, 0.6) is 0 Å². The molecular weight excluding hydrogens is 362 g/mol. The van der Waals surface area contributed by atoms with Crippen molar-refractivity contribution < 1.29 is 9.59 Å². The third kappa shape index (κ3) is 6.34. The quantitative estimate of drug-likeness (QED) is 0.641. The van der Waals surface area contributed by atoms with Crippen LogP contribution < -0.4 is 15.5 Å². The summed E-state index contributed by atoms with van der Waals surface area (Å²) < 4.78 is 0. The molecule has 154 valence electrons. The molecule has 1 aliphatic rings. The highest BCUT2D eigenvalue weighted by Gasteiger charge is 2.21. The van der Waals surface area contributed by atoms with Gasteiger partial charge in [0, 0.05) is 30.4 Å². The molecule has 5 heteroatoms. The predicted molar refractivity (Wildman–Crippen MR) is 118 cm³/mol. The molecule has 0 spiro atoms. The Balaban J connectivity index is 1.56. The number of amides is 3. The van der Waals surface area contributed by atoms with Gasteiger partial charge in [-0.2, -0.15) is 0 Å². The Kier molecular flexibility index (Phi) is 7.68. The highest BCUT2D eigenvalue weighted by atomic mass is 16.2. The van der Waals surface area contributed by atoms with Crippen LogP contribution in [0.15, 0.2) is 54.6 Å². The first kappa shape index (κ1) is 20.9. The molecule has 1 saturated carbocycles. The monoisotopic (exact) mass is 393 g/mol. The minimum Gasteiger partial charge on any atom is -0.356 e. The number of hydrogen-bond acceptors (Lipinski definition) is 2. The molecule has 1 fully saturated rings. The van der Waals surface area contributed by atoms with Gasteiger partial charge in [-0.15, -0.1) is 0 Å². The van der Waals surface area contributed by atoms with Crippen LogP contribution in [-0.2, 0) is 4.79 Å². The van der Waals surface area contributed by atoms with Crippen LogP contribution in [0.3, 0.4) is 0 Å². The fourth-order valence-electron chi connectivity index (χ4n) is 3.83. The summed E-state index contributed by atoms with van der Waals surface area (Å²) in [5.74, 6) is 0.332. The minimum atomic E-state index is -0.166. The predicted octanol–water partition coefficient (Wildman–Crippen LogP) is 5.12. The van der Waals surface area contributed by atoms with Gasteiger partial charge in [-0.05, 0) is 56.0 Å². The summed E-state index contributed by atoms with van der Waals surface area (Å²) in [4.78, 5) is 27.0. The van der Waals surface area contributed by atoms with E-state index in [1.165, 1.54) is 6.42 Å². The molecule has 0 aliphatic heterocycles. The molecule has 3 rings (SSSR count). The number of rotatable bonds is 7. The summed E-state index contributed by atoms with van der Waals surface area (Å²) in [5, 5.41) is 6.04. The first-order valence-corrected chi connectivity index (χ1v) is 10.6. The van der Waals surface area contributed by atoms with Crippen molar-refractivity contribution in [3.8, 4) is 0 Å². The van der Waals surface area contributed by atoms with Crippen LogP contribution >= 0.6 is 0 Å². The molecule has 0 bridgehead atoms. The van der Waals surface area contributed by atoms with Crippen molar-refractivity contribution in [2.24, 2.45) is 5.92 Å². The molecule has 5 nitrogen and oxygen atoms in total. The molecule has 2 aromatic rings. The number of nitrogens with zero attached hydrogens (tertiary/aromatic N) is 1. The molecule has 29 heavy (non-hydrogen) atoms. The van der Waals surface area contributed by atoms with Gasteiger partial charge in [-0.1, -0.05) is 49.6 Å². The second-order valence-electron chi connectivity index (χ2n) is 7.77. The van der Waals surface area contributed by atoms with Crippen molar-refractivity contribution in [2.75, 3.05) is 23.3 Å². The maximum absolute atomic E-state index is 12.9. The molecular formula is C24H31N3O2. The molecule has 0 unspecified atom stereocenters. The molecule has 0 radical (unpaired) electrons. The van der Waals surface area contributed by atoms with E-state index in [1.54, 1.807) is 4.90 Å². The Bertz CT molecular complexity index is 801. The fourth-order valence-corrected chi connectivity index (χ4v) is 3.83. The zero-order valence-corrected chi connectivity index (χ0v) is 17.2. The molecule has 2 N–H and O–H groups in total. The lowest BCUT2D eigenvalue weighted by molar-refractivity contribution is -0.125. The number of urea groups is 1. The summed E-state index contributed by atoms with van der Waals surface area (Å²) in [5.41, 5.74) is 2.72. The number of carbonyl (C=O) groups is 2. The molecule has 0 saturated heterocycles. The van der Waals surface area contributed by atoms with E-state index in [-0.39, 0.29) is 17.9 Å². The fraction of sp³-hybridized carbons (Fsp3) is 0.417. The minimum absolute atomic E-state index is 0.165. The van der Waals surface area contributed by atoms with Crippen LogP contribution in [0, 0.1) is 12.8 Å². The van der Waals surface area contributed by atoms with Gasteiger partial charge in [0.15, 0.2) is 0 Å². The Morgan fingerprint density at radius 2 is 1.76 bits per heavy atom. The van der Waals surface area contributed by atoms with E-state index in [1.807, 2.05) is 61.5 Å². The third-order valence-electron chi connectivity index (χ3n) is 5.42. The van der Waals surface area contributed by atoms with Gasteiger partial charge in [0.1, 0.15) is 0 Å². The number of aryl methyl sites for hydroxylation is 1. The lowest BCUT2D eigenvalue weighted by atomic mass is 9.89. The summed E-state index contributed by atoms with van der Waals surface area (Å²) in [7, 11) is 0. The zero-order valence-electron chi connectivity index (χ0n) is 17.2. The van der Waals surface area contributed by atoms with E-state index in [0.29, 0.717) is 19.5 Å². The van der Waals surface area contributed by atoms with E-state index in [2.05, 4.69) is 10.6 Å². The molecule has 0 aromatic heterocycles. The number of nitrogens with one attached hydrogen (secondary N) is 2. The standard InChI is InChI=1S/C24H31N3O2/c1-19-10-8-13-21(18-19)26-24(29)27(22-14-6-3-7-15-22)17-9-16-25-23(28)20-11-4-2-5-12-20/h3,6-8,10,13-15,18,20H,2,4-5,9,11-12,16-17H2,1H3,(H,25,28)(H,26,29). The summed E-state index contributed by atoms with van der Waals surface area (Å²) in [6.45, 7) is 3.11. The van der Waals surface area contributed by atoms with Gasteiger partial charge in [0.05, 0.1) is 0 Å². The average Bonchev–Trinajstić information content (AvgIpc) is 2.74. The highest BCUT2D eigenvalue weighted by Crippen LogP contribution is 2.23. The summed E-state index contributed by atoms with van der Waals surface area (Å²) >= 11 is 0. The van der Waals surface area contributed by atoms with Gasteiger partial charge >= 0.3 is 6.03 Å². The van der Waals surface area contributed by atoms with Crippen LogP contribution in [0.4, 0.5) is 16.2 Å². The maximum atomic E-state index is 12.9. The third-order valence-corrected chi connectivity index (χ3v) is 5.42. The molecule has 0 heterocycles. The summed E-state index contributed by atoms with van der Waals surface area (Å²) in [6, 6.07) is 17.2. The lowest BCUT2D eigenvalue weighted by Gasteiger charge is -2.24. The second kappa shape index (κ2) is 10.6. The molecule has 1 aliphatic carbocycles. The van der Waals surface area contributed by atoms with Crippen LogP contribution in [-0.4, -0.2) is 25.0 Å². The van der Waals surface area contributed by atoms with E-state index >= 15 is 0 Å². The van der Waals surface area contributed by atoms with Gasteiger partial charge < -0.3 is 10.6 Å². The van der Waals surface area contributed by atoms with E-state index in [0.717, 1.165) is 42.6 Å². The maximum Gasteiger partial charge on any atom is 0.326 e. The van der Waals surface area contributed by atoms with Gasteiger partial charge in [0.25, 0.3) is 0 Å². The van der Waals surface area contributed by atoms with E-state index in [4.69, 9.17) is 0 Å². The zero-order chi connectivity index (χ0) is 20.5. The van der Waals surface area contributed by atoms with E-state index < -0.39 is 0 Å². The Morgan fingerprint density at radius 1 is 1.00 bits per heavy atom. The van der Waals surface area contributed by atoms with Crippen molar-refractivity contribution >= 4 is 23.3 Å². The first-order valence-electron chi connectivity index (χ1n) is 10.6. The van der Waals surface area contributed by atoms with Crippen LogP contribution in [0.2, 0.25) is 0 Å². The average molecular weight is 394 g/mol. The van der Waals surface area contributed by atoms with Crippen molar-refractivity contribution in [1.29, 1.82) is 0 Å². The largest absolute Gasteiger partial charge is 0.356 e. The van der Waals surface area contributed by atoms with Crippen molar-refractivity contribution in [2.45, 2.75) is 45.4 Å². The number of para-hydroxylation sites is 1. The first-order chi connectivity index (χ1) is 14.1. The van der Waals surface area contributed by atoms with Crippen LogP contribution in [0.1, 0.15) is 44.1 Å². The smallest absolute Gasteiger partial charge is 0.326 e. The van der Waals surface area contributed by atoms with Gasteiger partial charge in [-0.25, -0.2) is 4.79 Å². The number of hydrogen-bond donors (Lipinski definition) is 2. The van der Waals surface area contributed by atoms with Crippen molar-refractivity contribution in [3.05, 3.63) is 60.2 Å². The topological polar surface area (TPSA) is 61.4 Å².